The Kier molecular flexibility index (Phi) is 7.70. The normalized spacial score (nSPS) is 20.0. The first-order valence-electron chi connectivity index (χ1n) is 14.7. The number of likely N-dealkylation sites (tertiary alicyclic amines) is 2. The zero-order valence-electron chi connectivity index (χ0n) is 22.7. The Morgan fingerprint density at radius 2 is 1.63 bits per heavy atom. The minimum absolute atomic E-state index is 0.0164. The second kappa shape index (κ2) is 11.5. The minimum Gasteiger partial charge on any atom is -0.486 e. The van der Waals surface area contributed by atoms with E-state index in [1.807, 2.05) is 6.92 Å². The fourth-order valence-electron chi connectivity index (χ4n) is 6.60. The highest BCUT2D eigenvalue weighted by Crippen LogP contribution is 2.39. The van der Waals surface area contributed by atoms with Crippen molar-refractivity contribution >= 4 is 10.9 Å². The number of fused-ring (bicyclic) bond motifs is 2. The van der Waals surface area contributed by atoms with Crippen LogP contribution in [-0.2, 0) is 6.42 Å². The van der Waals surface area contributed by atoms with E-state index in [4.69, 9.17) is 9.47 Å². The number of aromatic nitrogens is 1. The number of piperidine rings is 2. The number of aromatic amines is 1. The van der Waals surface area contributed by atoms with Gasteiger partial charge in [-0.2, -0.15) is 0 Å². The first-order chi connectivity index (χ1) is 18.7. The number of aryl methyl sites for hydroxylation is 1. The quantitative estimate of drug-likeness (QED) is 0.448. The van der Waals surface area contributed by atoms with Gasteiger partial charge in [0, 0.05) is 11.1 Å². The van der Waals surface area contributed by atoms with Crippen molar-refractivity contribution in [3.8, 4) is 11.5 Å². The fraction of sp³-hybridized carbons (Fsp3) is 0.531. The van der Waals surface area contributed by atoms with E-state index in [0.717, 1.165) is 53.4 Å². The van der Waals surface area contributed by atoms with Gasteiger partial charge in [-0.3, -0.25) is 9.69 Å². The molecule has 2 fully saturated rings. The molecule has 1 aromatic heterocycles. The summed E-state index contributed by atoms with van der Waals surface area (Å²) in [6.45, 7) is 9.25. The van der Waals surface area contributed by atoms with Crippen molar-refractivity contribution in [2.75, 3.05) is 45.9 Å². The molecule has 1 N–H and O–H groups in total. The molecule has 0 spiro atoms. The van der Waals surface area contributed by atoms with Crippen LogP contribution in [0.2, 0.25) is 0 Å². The van der Waals surface area contributed by atoms with Crippen molar-refractivity contribution in [3.05, 3.63) is 69.5 Å². The molecule has 0 bridgehead atoms. The molecule has 202 valence electrons. The summed E-state index contributed by atoms with van der Waals surface area (Å²) in [5.74, 6) is 2.48. The van der Waals surface area contributed by atoms with Gasteiger partial charge in [0.25, 0.3) is 5.56 Å². The smallest absolute Gasteiger partial charge is 0.251 e. The molecule has 0 aliphatic carbocycles. The zero-order chi connectivity index (χ0) is 25.9. The Hall–Kier alpha value is -2.83. The van der Waals surface area contributed by atoms with E-state index < -0.39 is 0 Å². The lowest BCUT2D eigenvalue weighted by atomic mass is 9.89. The second-order valence-electron chi connectivity index (χ2n) is 11.3. The largest absolute Gasteiger partial charge is 0.486 e. The maximum Gasteiger partial charge on any atom is 0.251 e. The lowest BCUT2D eigenvalue weighted by Crippen LogP contribution is -2.38. The summed E-state index contributed by atoms with van der Waals surface area (Å²) < 4.78 is 11.8. The van der Waals surface area contributed by atoms with Crippen LogP contribution < -0.4 is 15.0 Å². The average Bonchev–Trinajstić information content (AvgIpc) is 2.97. The van der Waals surface area contributed by atoms with Crippen LogP contribution in [-0.4, -0.2) is 60.7 Å². The van der Waals surface area contributed by atoms with Crippen molar-refractivity contribution in [1.29, 1.82) is 0 Å². The number of nitrogens with one attached hydrogen (secondary N) is 1. The van der Waals surface area contributed by atoms with E-state index in [9.17, 15) is 4.79 Å². The monoisotopic (exact) mass is 515 g/mol. The van der Waals surface area contributed by atoms with Gasteiger partial charge in [-0.15, -0.1) is 0 Å². The van der Waals surface area contributed by atoms with Gasteiger partial charge in [0.2, 0.25) is 0 Å². The van der Waals surface area contributed by atoms with Gasteiger partial charge in [0.1, 0.15) is 13.2 Å². The summed E-state index contributed by atoms with van der Waals surface area (Å²) in [7, 11) is 0. The molecule has 4 heterocycles. The van der Waals surface area contributed by atoms with Gasteiger partial charge in [0.05, 0.1) is 6.04 Å². The number of hydrogen-bond donors (Lipinski definition) is 1. The van der Waals surface area contributed by atoms with E-state index in [1.54, 1.807) is 0 Å². The molecule has 3 aromatic rings. The number of ether oxygens (including phenoxy) is 2. The number of rotatable bonds is 7. The topological polar surface area (TPSA) is 57.8 Å². The van der Waals surface area contributed by atoms with Crippen LogP contribution in [0.5, 0.6) is 11.5 Å². The Balaban J connectivity index is 1.26. The van der Waals surface area contributed by atoms with Crippen molar-refractivity contribution in [2.24, 2.45) is 5.92 Å². The van der Waals surface area contributed by atoms with E-state index in [-0.39, 0.29) is 11.6 Å². The maximum atomic E-state index is 12.4. The number of H-pyrrole nitrogens is 1. The molecule has 0 amide bonds. The van der Waals surface area contributed by atoms with Gasteiger partial charge in [-0.05, 0) is 124 Å². The summed E-state index contributed by atoms with van der Waals surface area (Å²) in [6.07, 6.45) is 8.69. The highest BCUT2D eigenvalue weighted by molar-refractivity contribution is 5.80. The molecule has 6 rings (SSSR count). The predicted octanol–water partition coefficient (Wildman–Crippen LogP) is 5.54. The molecule has 0 radical (unpaired) electrons. The van der Waals surface area contributed by atoms with Crippen LogP contribution in [0.15, 0.2) is 47.3 Å². The van der Waals surface area contributed by atoms with Gasteiger partial charge < -0.3 is 19.4 Å². The minimum atomic E-state index is 0.0164. The van der Waals surface area contributed by atoms with Crippen LogP contribution in [0.25, 0.3) is 10.9 Å². The van der Waals surface area contributed by atoms with Crippen LogP contribution in [0.3, 0.4) is 0 Å². The highest BCUT2D eigenvalue weighted by atomic mass is 16.6. The molecule has 1 atom stereocenters. The SMILES string of the molecule is CCc1cc2cc(C(c3ccc4c(c3)OCCO4)N3CCC(CCN4CCCCC4)CC3)ccc2[nH]c1=O. The lowest BCUT2D eigenvalue weighted by Gasteiger charge is -2.39. The first kappa shape index (κ1) is 25.4. The Morgan fingerprint density at radius 3 is 2.42 bits per heavy atom. The molecule has 3 aliphatic heterocycles. The molecule has 6 nitrogen and oxygen atoms in total. The summed E-state index contributed by atoms with van der Waals surface area (Å²) >= 11 is 0. The zero-order valence-corrected chi connectivity index (χ0v) is 22.7. The highest BCUT2D eigenvalue weighted by Gasteiger charge is 2.29. The summed E-state index contributed by atoms with van der Waals surface area (Å²) in [4.78, 5) is 20.8. The van der Waals surface area contributed by atoms with E-state index in [2.05, 4.69) is 57.2 Å². The Morgan fingerprint density at radius 1 is 0.895 bits per heavy atom. The van der Waals surface area contributed by atoms with Gasteiger partial charge in [-0.25, -0.2) is 0 Å². The third-order valence-electron chi connectivity index (χ3n) is 8.84. The van der Waals surface area contributed by atoms with E-state index >= 15 is 0 Å². The van der Waals surface area contributed by atoms with Crippen molar-refractivity contribution in [2.45, 2.75) is 57.9 Å². The fourth-order valence-corrected chi connectivity index (χ4v) is 6.60. The second-order valence-corrected chi connectivity index (χ2v) is 11.3. The summed E-state index contributed by atoms with van der Waals surface area (Å²) in [5.41, 5.74) is 4.24. The average molecular weight is 516 g/mol. The molecule has 3 aliphatic rings. The van der Waals surface area contributed by atoms with E-state index in [0.29, 0.717) is 13.2 Å². The number of benzene rings is 2. The standard InChI is InChI=1S/C32H41N3O3/c1-2-24-20-27-21-25(6-8-28(27)33-32(24)36)31(26-7-9-29-30(22-26)38-19-18-37-29)35-16-11-23(12-17-35)10-15-34-13-4-3-5-14-34/h6-9,20-23,31H,2-5,10-19H2,1H3,(H,33,36). The molecule has 38 heavy (non-hydrogen) atoms. The molecule has 0 saturated carbocycles. The number of pyridine rings is 1. The predicted molar refractivity (Wildman–Crippen MR) is 152 cm³/mol. The molecule has 2 aromatic carbocycles. The summed E-state index contributed by atoms with van der Waals surface area (Å²) in [6, 6.07) is 15.2. The van der Waals surface area contributed by atoms with Crippen molar-refractivity contribution in [1.82, 2.24) is 14.8 Å². The van der Waals surface area contributed by atoms with Crippen LogP contribution in [0.4, 0.5) is 0 Å². The molecule has 6 heteroatoms. The van der Waals surface area contributed by atoms with Crippen molar-refractivity contribution in [3.63, 3.8) is 0 Å². The number of hydrogen-bond acceptors (Lipinski definition) is 5. The molecule has 1 unspecified atom stereocenters. The first-order valence-corrected chi connectivity index (χ1v) is 14.7. The lowest BCUT2D eigenvalue weighted by molar-refractivity contribution is 0.133. The van der Waals surface area contributed by atoms with Crippen LogP contribution in [0.1, 0.15) is 68.2 Å². The Labute approximate surface area is 225 Å². The van der Waals surface area contributed by atoms with Crippen LogP contribution >= 0.6 is 0 Å². The van der Waals surface area contributed by atoms with Gasteiger partial charge in [-0.1, -0.05) is 25.5 Å². The van der Waals surface area contributed by atoms with Crippen molar-refractivity contribution < 1.29 is 9.47 Å². The summed E-state index contributed by atoms with van der Waals surface area (Å²) in [5, 5.41) is 1.10. The van der Waals surface area contributed by atoms with Gasteiger partial charge in [0.15, 0.2) is 11.5 Å². The third-order valence-corrected chi connectivity index (χ3v) is 8.84. The van der Waals surface area contributed by atoms with Crippen LogP contribution in [0, 0.1) is 5.92 Å². The van der Waals surface area contributed by atoms with E-state index in [1.165, 1.54) is 69.3 Å². The molecular formula is C32H41N3O3. The molecular weight excluding hydrogens is 474 g/mol. The third kappa shape index (κ3) is 5.48. The maximum absolute atomic E-state index is 12.4. The number of nitrogens with zero attached hydrogens (tertiary/aromatic N) is 2. The van der Waals surface area contributed by atoms with Gasteiger partial charge >= 0.3 is 0 Å². The Bertz CT molecular complexity index is 1310. The molecule has 2 saturated heterocycles.